The lowest BCUT2D eigenvalue weighted by molar-refractivity contribution is 0.970. The van der Waals surface area contributed by atoms with Crippen molar-refractivity contribution >= 4 is 11.8 Å². The van der Waals surface area contributed by atoms with Gasteiger partial charge in [-0.3, -0.25) is 5.10 Å². The van der Waals surface area contributed by atoms with E-state index in [1.54, 1.807) is 11.8 Å². The number of aryl methyl sites for hydroxylation is 1. The van der Waals surface area contributed by atoms with Gasteiger partial charge in [0.05, 0.1) is 0 Å². The Morgan fingerprint density at radius 2 is 2.44 bits per heavy atom. The van der Waals surface area contributed by atoms with Crippen molar-refractivity contribution in [1.82, 2.24) is 15.2 Å². The van der Waals surface area contributed by atoms with E-state index in [4.69, 9.17) is 0 Å². The second kappa shape index (κ2) is 2.87. The van der Waals surface area contributed by atoms with E-state index in [1.807, 2.05) is 6.92 Å². The Kier molecular flexibility index (Phi) is 2.10. The minimum Gasteiger partial charge on any atom is -0.262 e. The maximum absolute atomic E-state index is 4.10. The quantitative estimate of drug-likeness (QED) is 0.633. The Labute approximate surface area is 58.3 Å². The standard InChI is InChI=1S/C5H9N3S/c1-3-9-5-6-4(2)7-8-5/h3H2,1-2H3,(H,6,7,8). The third-order valence-electron chi connectivity index (χ3n) is 0.850. The van der Waals surface area contributed by atoms with Crippen LogP contribution >= 0.6 is 11.8 Å². The fourth-order valence-electron chi connectivity index (χ4n) is 0.516. The Morgan fingerprint density at radius 1 is 1.67 bits per heavy atom. The molecular formula is C5H9N3S. The summed E-state index contributed by atoms with van der Waals surface area (Å²) < 4.78 is 0. The molecule has 1 aromatic heterocycles. The number of hydrogen-bond acceptors (Lipinski definition) is 3. The predicted molar refractivity (Wildman–Crippen MR) is 37.5 cm³/mol. The summed E-state index contributed by atoms with van der Waals surface area (Å²) in [6, 6.07) is 0. The molecule has 0 aliphatic heterocycles. The molecule has 1 aromatic rings. The molecule has 0 amide bonds. The van der Waals surface area contributed by atoms with E-state index in [2.05, 4.69) is 22.1 Å². The Morgan fingerprint density at radius 3 is 2.89 bits per heavy atom. The maximum atomic E-state index is 4.10. The number of hydrogen-bond donors (Lipinski definition) is 1. The van der Waals surface area contributed by atoms with Crippen molar-refractivity contribution in [3.8, 4) is 0 Å². The molecule has 0 atom stereocenters. The molecule has 0 unspecified atom stereocenters. The summed E-state index contributed by atoms with van der Waals surface area (Å²) in [4.78, 5) is 4.10. The first-order valence-corrected chi connectivity index (χ1v) is 3.83. The average Bonchev–Trinajstić information content (AvgIpc) is 2.17. The van der Waals surface area contributed by atoms with Crippen molar-refractivity contribution in [1.29, 1.82) is 0 Å². The van der Waals surface area contributed by atoms with Crippen molar-refractivity contribution in [2.24, 2.45) is 0 Å². The third-order valence-corrected chi connectivity index (χ3v) is 1.58. The van der Waals surface area contributed by atoms with E-state index >= 15 is 0 Å². The normalized spacial score (nSPS) is 10.0. The van der Waals surface area contributed by atoms with E-state index in [0.29, 0.717) is 0 Å². The van der Waals surface area contributed by atoms with Crippen LogP contribution in [0.4, 0.5) is 0 Å². The van der Waals surface area contributed by atoms with Crippen molar-refractivity contribution in [2.45, 2.75) is 19.0 Å². The second-order valence-electron chi connectivity index (χ2n) is 1.64. The molecule has 0 radical (unpaired) electrons. The fourth-order valence-corrected chi connectivity index (χ4v) is 1.09. The molecule has 1 rings (SSSR count). The summed E-state index contributed by atoms with van der Waals surface area (Å²) in [6.45, 7) is 3.98. The monoisotopic (exact) mass is 143 g/mol. The summed E-state index contributed by atoms with van der Waals surface area (Å²) in [5.41, 5.74) is 0. The zero-order valence-electron chi connectivity index (χ0n) is 5.51. The number of aromatic nitrogens is 3. The highest BCUT2D eigenvalue weighted by Gasteiger charge is 1.95. The number of H-pyrrole nitrogens is 1. The predicted octanol–water partition coefficient (Wildman–Crippen LogP) is 1.23. The zero-order valence-corrected chi connectivity index (χ0v) is 6.33. The zero-order chi connectivity index (χ0) is 6.69. The van der Waals surface area contributed by atoms with Crippen molar-refractivity contribution in [3.63, 3.8) is 0 Å². The molecular weight excluding hydrogens is 134 g/mol. The van der Waals surface area contributed by atoms with Crippen LogP contribution in [0.15, 0.2) is 5.16 Å². The summed E-state index contributed by atoms with van der Waals surface area (Å²) in [6.07, 6.45) is 0. The summed E-state index contributed by atoms with van der Waals surface area (Å²) >= 11 is 1.64. The van der Waals surface area contributed by atoms with Crippen LogP contribution in [-0.4, -0.2) is 20.9 Å². The minimum absolute atomic E-state index is 0.843. The molecule has 50 valence electrons. The van der Waals surface area contributed by atoms with Crippen LogP contribution in [0.5, 0.6) is 0 Å². The van der Waals surface area contributed by atoms with Gasteiger partial charge in [0.15, 0.2) is 0 Å². The molecule has 0 aliphatic carbocycles. The number of rotatable bonds is 2. The first-order valence-electron chi connectivity index (χ1n) is 2.84. The van der Waals surface area contributed by atoms with E-state index < -0.39 is 0 Å². The van der Waals surface area contributed by atoms with E-state index in [9.17, 15) is 0 Å². The summed E-state index contributed by atoms with van der Waals surface area (Å²) in [7, 11) is 0. The Bertz CT molecular complexity index is 184. The van der Waals surface area contributed by atoms with Gasteiger partial charge in [-0.2, -0.15) is 0 Å². The summed E-state index contributed by atoms with van der Waals surface area (Å²) in [5.74, 6) is 1.91. The fraction of sp³-hybridized carbons (Fsp3) is 0.600. The van der Waals surface area contributed by atoms with Gasteiger partial charge in [0.2, 0.25) is 5.16 Å². The van der Waals surface area contributed by atoms with Gasteiger partial charge in [0.1, 0.15) is 5.82 Å². The van der Waals surface area contributed by atoms with Crippen molar-refractivity contribution < 1.29 is 0 Å². The van der Waals surface area contributed by atoms with Gasteiger partial charge in [-0.15, -0.1) is 5.10 Å². The number of nitrogens with one attached hydrogen (secondary N) is 1. The molecule has 0 fully saturated rings. The maximum Gasteiger partial charge on any atom is 0.208 e. The number of nitrogens with zero attached hydrogens (tertiary/aromatic N) is 2. The van der Waals surface area contributed by atoms with Crippen LogP contribution in [0, 0.1) is 6.92 Å². The molecule has 0 bridgehead atoms. The van der Waals surface area contributed by atoms with Gasteiger partial charge in [0, 0.05) is 0 Å². The van der Waals surface area contributed by atoms with Crippen LogP contribution in [0.1, 0.15) is 12.7 Å². The van der Waals surface area contributed by atoms with Crippen molar-refractivity contribution in [2.75, 3.05) is 5.75 Å². The van der Waals surface area contributed by atoms with Gasteiger partial charge in [-0.25, -0.2) is 4.98 Å². The highest BCUT2D eigenvalue weighted by Crippen LogP contribution is 2.09. The van der Waals surface area contributed by atoms with Crippen LogP contribution < -0.4 is 0 Å². The minimum atomic E-state index is 0.843. The molecule has 9 heavy (non-hydrogen) atoms. The van der Waals surface area contributed by atoms with Crippen LogP contribution in [0.25, 0.3) is 0 Å². The lowest BCUT2D eigenvalue weighted by Crippen LogP contribution is -1.74. The average molecular weight is 143 g/mol. The smallest absolute Gasteiger partial charge is 0.208 e. The topological polar surface area (TPSA) is 41.6 Å². The van der Waals surface area contributed by atoms with Crippen LogP contribution in [0.2, 0.25) is 0 Å². The molecule has 3 nitrogen and oxygen atoms in total. The van der Waals surface area contributed by atoms with Gasteiger partial charge in [-0.05, 0) is 12.7 Å². The van der Waals surface area contributed by atoms with E-state index in [0.717, 1.165) is 16.7 Å². The number of aromatic amines is 1. The number of thioether (sulfide) groups is 1. The largest absolute Gasteiger partial charge is 0.262 e. The van der Waals surface area contributed by atoms with E-state index in [-0.39, 0.29) is 0 Å². The molecule has 1 heterocycles. The van der Waals surface area contributed by atoms with Crippen LogP contribution in [0.3, 0.4) is 0 Å². The van der Waals surface area contributed by atoms with Gasteiger partial charge >= 0.3 is 0 Å². The summed E-state index contributed by atoms with van der Waals surface area (Å²) in [5, 5.41) is 7.55. The molecule has 0 aliphatic rings. The SMILES string of the molecule is CCSc1n[nH]c(C)n1. The van der Waals surface area contributed by atoms with Crippen molar-refractivity contribution in [3.05, 3.63) is 5.82 Å². The Hall–Kier alpha value is -0.510. The highest BCUT2D eigenvalue weighted by molar-refractivity contribution is 7.99. The molecule has 4 heteroatoms. The lowest BCUT2D eigenvalue weighted by Gasteiger charge is -1.83. The molecule has 0 aromatic carbocycles. The molecule has 1 N–H and O–H groups in total. The lowest BCUT2D eigenvalue weighted by atomic mass is 10.8. The van der Waals surface area contributed by atoms with Gasteiger partial charge in [-0.1, -0.05) is 18.7 Å². The molecule has 0 spiro atoms. The van der Waals surface area contributed by atoms with E-state index in [1.165, 1.54) is 0 Å². The van der Waals surface area contributed by atoms with Crippen LogP contribution in [-0.2, 0) is 0 Å². The van der Waals surface area contributed by atoms with Gasteiger partial charge in [0.25, 0.3) is 0 Å². The second-order valence-corrected chi connectivity index (χ2v) is 2.87. The molecule has 0 saturated heterocycles. The van der Waals surface area contributed by atoms with Gasteiger partial charge < -0.3 is 0 Å². The Balaban J connectivity index is 2.61. The first kappa shape index (κ1) is 6.61. The molecule has 0 saturated carbocycles. The highest BCUT2D eigenvalue weighted by atomic mass is 32.2. The third kappa shape index (κ3) is 1.71. The first-order chi connectivity index (χ1) is 4.33.